The van der Waals surface area contributed by atoms with Crippen LogP contribution in [0.3, 0.4) is 0 Å². The van der Waals surface area contributed by atoms with E-state index >= 15 is 0 Å². The Labute approximate surface area is 115 Å². The molecule has 0 saturated heterocycles. The third-order valence-corrected chi connectivity index (χ3v) is 3.64. The monoisotopic (exact) mass is 264 g/mol. The maximum atomic E-state index is 8.81. The van der Waals surface area contributed by atoms with E-state index in [1.165, 1.54) is 6.42 Å². The topological polar surface area (TPSA) is 27.0 Å². The smallest absolute Gasteiger partial charge is 0.0992 e. The molecule has 0 aromatic heterocycles. The Kier molecular flexibility index (Phi) is 6.18. The molecule has 3 heteroatoms. The van der Waals surface area contributed by atoms with Gasteiger partial charge < -0.3 is 0 Å². The number of hydrogen-bond donors (Lipinski definition) is 0. The minimum atomic E-state index is 0.619. The van der Waals surface area contributed by atoms with E-state index in [2.05, 4.69) is 31.7 Å². The maximum absolute atomic E-state index is 8.81. The highest BCUT2D eigenvalue weighted by molar-refractivity contribution is 6.31. The van der Waals surface area contributed by atoms with Crippen molar-refractivity contribution in [3.8, 4) is 6.07 Å². The van der Waals surface area contributed by atoms with E-state index < -0.39 is 0 Å². The third-order valence-electron chi connectivity index (χ3n) is 3.29. The predicted molar refractivity (Wildman–Crippen MR) is 76.6 cm³/mol. The molecule has 0 N–H and O–H groups in total. The first-order valence-corrected chi connectivity index (χ1v) is 6.89. The first-order valence-electron chi connectivity index (χ1n) is 6.51. The van der Waals surface area contributed by atoms with E-state index in [4.69, 9.17) is 16.9 Å². The van der Waals surface area contributed by atoms with Gasteiger partial charge in [0.05, 0.1) is 11.6 Å². The highest BCUT2D eigenvalue weighted by atomic mass is 35.5. The Morgan fingerprint density at radius 1 is 1.39 bits per heavy atom. The van der Waals surface area contributed by atoms with Crippen LogP contribution in [0.4, 0.5) is 0 Å². The van der Waals surface area contributed by atoms with Crippen LogP contribution in [0.1, 0.15) is 38.3 Å². The lowest BCUT2D eigenvalue weighted by Crippen LogP contribution is -2.28. The molecule has 1 aromatic carbocycles. The van der Waals surface area contributed by atoms with Gasteiger partial charge in [-0.15, -0.1) is 0 Å². The van der Waals surface area contributed by atoms with Crippen molar-refractivity contribution in [3.63, 3.8) is 0 Å². The molecule has 0 spiro atoms. The molecule has 2 nitrogen and oxygen atoms in total. The zero-order valence-electron chi connectivity index (χ0n) is 11.4. The molecule has 1 atom stereocenters. The summed E-state index contributed by atoms with van der Waals surface area (Å²) in [5, 5.41) is 9.50. The van der Waals surface area contributed by atoms with Crippen LogP contribution < -0.4 is 0 Å². The van der Waals surface area contributed by atoms with Gasteiger partial charge in [-0.1, -0.05) is 44.9 Å². The normalized spacial score (nSPS) is 12.4. The minimum absolute atomic E-state index is 0.619. The van der Waals surface area contributed by atoms with Crippen molar-refractivity contribution in [2.24, 2.45) is 5.92 Å². The summed E-state index contributed by atoms with van der Waals surface area (Å²) in [4.78, 5) is 2.39. The Morgan fingerprint density at radius 2 is 2.11 bits per heavy atom. The van der Waals surface area contributed by atoms with Gasteiger partial charge in [-0.05, 0) is 30.2 Å². The van der Waals surface area contributed by atoms with Gasteiger partial charge in [0, 0.05) is 18.1 Å². The van der Waals surface area contributed by atoms with Crippen molar-refractivity contribution in [3.05, 3.63) is 34.3 Å². The number of benzene rings is 1. The van der Waals surface area contributed by atoms with E-state index in [0.717, 1.165) is 25.2 Å². The Bertz CT molecular complexity index is 423. The molecule has 98 valence electrons. The average Bonchev–Trinajstić information content (AvgIpc) is 2.39. The summed E-state index contributed by atoms with van der Waals surface area (Å²) in [5.74, 6) is 0.696. The Morgan fingerprint density at radius 3 is 2.61 bits per heavy atom. The Balaban J connectivity index is 2.73. The van der Waals surface area contributed by atoms with E-state index in [-0.39, 0.29) is 0 Å². The summed E-state index contributed by atoms with van der Waals surface area (Å²) in [6.45, 7) is 9.60. The van der Waals surface area contributed by atoms with E-state index in [1.807, 2.05) is 12.1 Å². The molecule has 1 unspecified atom stereocenters. The lowest BCUT2D eigenvalue weighted by Gasteiger charge is -2.24. The van der Waals surface area contributed by atoms with Crippen LogP contribution in [0.25, 0.3) is 0 Å². The molecule has 1 aromatic rings. The molecular formula is C15H21ClN2. The van der Waals surface area contributed by atoms with Crippen molar-refractivity contribution >= 4 is 11.6 Å². The average molecular weight is 265 g/mol. The van der Waals surface area contributed by atoms with Crippen LogP contribution in [-0.4, -0.2) is 18.0 Å². The summed E-state index contributed by atoms with van der Waals surface area (Å²) >= 11 is 6.20. The molecule has 0 bridgehead atoms. The second-order valence-electron chi connectivity index (χ2n) is 4.76. The van der Waals surface area contributed by atoms with Crippen LogP contribution in [0.2, 0.25) is 5.02 Å². The maximum Gasteiger partial charge on any atom is 0.0992 e. The van der Waals surface area contributed by atoms with Crippen LogP contribution in [0.5, 0.6) is 0 Å². The minimum Gasteiger partial charge on any atom is -0.299 e. The number of rotatable bonds is 6. The van der Waals surface area contributed by atoms with Crippen LogP contribution in [0, 0.1) is 17.2 Å². The van der Waals surface area contributed by atoms with E-state index in [1.54, 1.807) is 6.07 Å². The van der Waals surface area contributed by atoms with Gasteiger partial charge in [0.1, 0.15) is 0 Å². The lowest BCUT2D eigenvalue weighted by molar-refractivity contribution is 0.238. The fourth-order valence-corrected chi connectivity index (χ4v) is 2.10. The molecule has 0 saturated carbocycles. The summed E-state index contributed by atoms with van der Waals surface area (Å²) in [5.41, 5.74) is 1.72. The first kappa shape index (κ1) is 15.0. The predicted octanol–water partition coefficient (Wildman–Crippen LogP) is 4.08. The largest absolute Gasteiger partial charge is 0.299 e. The number of halogens is 1. The van der Waals surface area contributed by atoms with Crippen molar-refractivity contribution in [1.29, 1.82) is 5.26 Å². The number of nitrogens with zero attached hydrogens (tertiary/aromatic N) is 2. The molecule has 0 amide bonds. The van der Waals surface area contributed by atoms with Crippen molar-refractivity contribution < 1.29 is 0 Å². The Hall–Kier alpha value is -1.04. The zero-order chi connectivity index (χ0) is 13.5. The summed E-state index contributed by atoms with van der Waals surface area (Å²) in [6, 6.07) is 7.64. The quantitative estimate of drug-likeness (QED) is 0.774. The number of nitriles is 1. The fraction of sp³-hybridized carbons (Fsp3) is 0.533. The zero-order valence-corrected chi connectivity index (χ0v) is 12.2. The summed E-state index contributed by atoms with van der Waals surface area (Å²) < 4.78 is 0. The van der Waals surface area contributed by atoms with E-state index in [9.17, 15) is 0 Å². The summed E-state index contributed by atoms with van der Waals surface area (Å²) in [6.07, 6.45) is 1.19. The first-order chi connectivity index (χ1) is 8.60. The molecule has 0 aliphatic heterocycles. The van der Waals surface area contributed by atoms with Gasteiger partial charge >= 0.3 is 0 Å². The molecule has 0 radical (unpaired) electrons. The molecule has 18 heavy (non-hydrogen) atoms. The molecule has 0 heterocycles. The van der Waals surface area contributed by atoms with Crippen LogP contribution in [-0.2, 0) is 6.54 Å². The van der Waals surface area contributed by atoms with Gasteiger partial charge in [0.15, 0.2) is 0 Å². The van der Waals surface area contributed by atoms with Crippen LogP contribution in [0.15, 0.2) is 18.2 Å². The van der Waals surface area contributed by atoms with E-state index in [0.29, 0.717) is 16.5 Å². The number of hydrogen-bond acceptors (Lipinski definition) is 2. The van der Waals surface area contributed by atoms with Gasteiger partial charge in [-0.3, -0.25) is 4.90 Å². The van der Waals surface area contributed by atoms with Gasteiger partial charge in [-0.25, -0.2) is 0 Å². The second-order valence-corrected chi connectivity index (χ2v) is 5.17. The second kappa shape index (κ2) is 7.41. The van der Waals surface area contributed by atoms with Crippen molar-refractivity contribution in [1.82, 2.24) is 4.90 Å². The standard InChI is InChI=1S/C15H21ClN2/c1-4-12(3)10-18(5-2)11-14-7-6-13(9-17)8-15(14)16/h6-8,12H,4-5,10-11H2,1-3H3. The van der Waals surface area contributed by atoms with Gasteiger partial charge in [0.25, 0.3) is 0 Å². The molecule has 0 fully saturated rings. The van der Waals surface area contributed by atoms with Gasteiger partial charge in [-0.2, -0.15) is 5.26 Å². The summed E-state index contributed by atoms with van der Waals surface area (Å²) in [7, 11) is 0. The van der Waals surface area contributed by atoms with Crippen molar-refractivity contribution in [2.45, 2.75) is 33.7 Å². The highest BCUT2D eigenvalue weighted by Gasteiger charge is 2.10. The lowest BCUT2D eigenvalue weighted by atomic mass is 10.1. The van der Waals surface area contributed by atoms with Gasteiger partial charge in [0.2, 0.25) is 0 Å². The molecule has 1 rings (SSSR count). The molecular weight excluding hydrogens is 244 g/mol. The SMILES string of the molecule is CCC(C)CN(CC)Cc1ccc(C#N)cc1Cl. The third kappa shape index (κ3) is 4.33. The van der Waals surface area contributed by atoms with Crippen LogP contribution >= 0.6 is 11.6 Å². The van der Waals surface area contributed by atoms with Crippen molar-refractivity contribution in [2.75, 3.05) is 13.1 Å². The fourth-order valence-electron chi connectivity index (χ4n) is 1.86. The molecule has 0 aliphatic carbocycles. The molecule has 0 aliphatic rings. The highest BCUT2D eigenvalue weighted by Crippen LogP contribution is 2.20.